The van der Waals surface area contributed by atoms with Gasteiger partial charge in [-0.05, 0) is 43.4 Å². The van der Waals surface area contributed by atoms with Crippen molar-refractivity contribution in [2.24, 2.45) is 5.41 Å². The average molecular weight is 262 g/mol. The number of rotatable bonds is 4. The van der Waals surface area contributed by atoms with Crippen LogP contribution in [0.4, 0.5) is 0 Å². The van der Waals surface area contributed by atoms with Gasteiger partial charge in [0.25, 0.3) is 0 Å². The third-order valence-electron chi connectivity index (χ3n) is 4.40. The summed E-state index contributed by atoms with van der Waals surface area (Å²) in [6, 6.07) is 7.64. The molecule has 0 saturated carbocycles. The van der Waals surface area contributed by atoms with Gasteiger partial charge in [0.2, 0.25) is 0 Å². The SMILES string of the molecule is COc1cccc(CC2(C(=O)O)CC3CCC2O3)c1. The Balaban J connectivity index is 1.88. The topological polar surface area (TPSA) is 55.8 Å². The van der Waals surface area contributed by atoms with Crippen LogP contribution >= 0.6 is 0 Å². The first kappa shape index (κ1) is 12.5. The number of benzene rings is 1. The standard InChI is InChI=1S/C15H18O4/c1-18-11-4-2-3-10(7-11)8-15(14(16)17)9-12-5-6-13(15)19-12/h2-4,7,12-13H,5-6,8-9H2,1H3,(H,16,17). The van der Waals surface area contributed by atoms with Crippen LogP contribution in [0.15, 0.2) is 24.3 Å². The second-order valence-electron chi connectivity index (χ2n) is 5.52. The van der Waals surface area contributed by atoms with E-state index in [1.54, 1.807) is 7.11 Å². The Hall–Kier alpha value is -1.55. The molecule has 3 rings (SSSR count). The van der Waals surface area contributed by atoms with Crippen LogP contribution in [0.25, 0.3) is 0 Å². The van der Waals surface area contributed by atoms with Gasteiger partial charge in [0.05, 0.1) is 19.3 Å². The van der Waals surface area contributed by atoms with E-state index >= 15 is 0 Å². The van der Waals surface area contributed by atoms with Crippen LogP contribution in [0.3, 0.4) is 0 Å². The zero-order valence-corrected chi connectivity index (χ0v) is 11.0. The molecule has 3 atom stereocenters. The lowest BCUT2D eigenvalue weighted by atomic mass is 9.70. The van der Waals surface area contributed by atoms with E-state index in [9.17, 15) is 9.90 Å². The Morgan fingerprint density at radius 3 is 2.95 bits per heavy atom. The summed E-state index contributed by atoms with van der Waals surface area (Å²) < 4.78 is 11.0. The smallest absolute Gasteiger partial charge is 0.312 e. The molecule has 2 heterocycles. The Bertz CT molecular complexity index is 499. The molecule has 19 heavy (non-hydrogen) atoms. The van der Waals surface area contributed by atoms with Crippen molar-refractivity contribution in [3.05, 3.63) is 29.8 Å². The van der Waals surface area contributed by atoms with Crippen molar-refractivity contribution in [2.45, 2.75) is 37.9 Å². The van der Waals surface area contributed by atoms with E-state index in [0.717, 1.165) is 24.2 Å². The lowest BCUT2D eigenvalue weighted by molar-refractivity contribution is -0.152. The second-order valence-corrected chi connectivity index (χ2v) is 5.52. The number of methoxy groups -OCH3 is 1. The van der Waals surface area contributed by atoms with E-state index in [4.69, 9.17) is 9.47 Å². The van der Waals surface area contributed by atoms with Crippen molar-refractivity contribution in [3.8, 4) is 5.75 Å². The van der Waals surface area contributed by atoms with Crippen molar-refractivity contribution >= 4 is 5.97 Å². The highest BCUT2D eigenvalue weighted by atomic mass is 16.5. The van der Waals surface area contributed by atoms with Gasteiger partial charge in [-0.15, -0.1) is 0 Å². The summed E-state index contributed by atoms with van der Waals surface area (Å²) in [4.78, 5) is 11.8. The molecule has 102 valence electrons. The Morgan fingerprint density at radius 2 is 2.37 bits per heavy atom. The predicted octanol–water partition coefficient (Wildman–Crippen LogP) is 2.26. The molecule has 1 aromatic carbocycles. The maximum Gasteiger partial charge on any atom is 0.312 e. The number of aliphatic carboxylic acids is 1. The van der Waals surface area contributed by atoms with Crippen LogP contribution in [0.1, 0.15) is 24.8 Å². The maximum atomic E-state index is 11.8. The molecular weight excluding hydrogens is 244 g/mol. The number of hydrogen-bond donors (Lipinski definition) is 1. The molecule has 3 unspecified atom stereocenters. The van der Waals surface area contributed by atoms with Crippen molar-refractivity contribution in [3.63, 3.8) is 0 Å². The fourth-order valence-corrected chi connectivity index (χ4v) is 3.43. The number of carboxylic acid groups (broad SMARTS) is 1. The number of hydrogen-bond acceptors (Lipinski definition) is 3. The zero-order valence-electron chi connectivity index (χ0n) is 11.0. The minimum atomic E-state index is -0.755. The van der Waals surface area contributed by atoms with Crippen molar-refractivity contribution in [2.75, 3.05) is 7.11 Å². The molecule has 2 bridgehead atoms. The van der Waals surface area contributed by atoms with Crippen molar-refractivity contribution < 1.29 is 19.4 Å². The van der Waals surface area contributed by atoms with Gasteiger partial charge in [-0.1, -0.05) is 12.1 Å². The molecule has 1 N–H and O–H groups in total. The third-order valence-corrected chi connectivity index (χ3v) is 4.40. The molecule has 4 nitrogen and oxygen atoms in total. The van der Waals surface area contributed by atoms with Gasteiger partial charge in [-0.3, -0.25) is 4.79 Å². The van der Waals surface area contributed by atoms with Crippen LogP contribution in [0.2, 0.25) is 0 Å². The summed E-state index contributed by atoms with van der Waals surface area (Å²) >= 11 is 0. The largest absolute Gasteiger partial charge is 0.497 e. The molecule has 0 aromatic heterocycles. The van der Waals surface area contributed by atoms with Crippen LogP contribution < -0.4 is 4.74 Å². The average Bonchev–Trinajstić information content (AvgIpc) is 3.00. The molecule has 0 spiro atoms. The molecule has 2 fully saturated rings. The van der Waals surface area contributed by atoms with Crippen molar-refractivity contribution in [1.29, 1.82) is 0 Å². The second kappa shape index (κ2) is 4.53. The molecule has 0 amide bonds. The van der Waals surface area contributed by atoms with E-state index in [-0.39, 0.29) is 12.2 Å². The van der Waals surface area contributed by atoms with Gasteiger partial charge in [0.1, 0.15) is 11.2 Å². The maximum absolute atomic E-state index is 11.8. The lowest BCUT2D eigenvalue weighted by Gasteiger charge is -2.31. The molecule has 0 aliphatic carbocycles. The van der Waals surface area contributed by atoms with Gasteiger partial charge in [-0.25, -0.2) is 0 Å². The van der Waals surface area contributed by atoms with E-state index in [2.05, 4.69) is 0 Å². The number of ether oxygens (including phenoxy) is 2. The fraction of sp³-hybridized carbons (Fsp3) is 0.533. The Kier molecular flexibility index (Phi) is 2.97. The molecule has 0 radical (unpaired) electrons. The summed E-state index contributed by atoms with van der Waals surface area (Å²) in [5.74, 6) is 0.0321. The van der Waals surface area contributed by atoms with Gasteiger partial charge in [0.15, 0.2) is 0 Å². The highest BCUT2D eigenvalue weighted by molar-refractivity contribution is 5.77. The van der Waals surface area contributed by atoms with Gasteiger partial charge in [-0.2, -0.15) is 0 Å². The van der Waals surface area contributed by atoms with E-state index < -0.39 is 11.4 Å². The van der Waals surface area contributed by atoms with Crippen LogP contribution in [-0.4, -0.2) is 30.4 Å². The molecular formula is C15H18O4. The molecule has 2 aliphatic rings. The van der Waals surface area contributed by atoms with E-state index in [0.29, 0.717) is 12.8 Å². The van der Waals surface area contributed by atoms with Crippen LogP contribution in [0, 0.1) is 5.41 Å². The van der Waals surface area contributed by atoms with Crippen molar-refractivity contribution in [1.82, 2.24) is 0 Å². The van der Waals surface area contributed by atoms with Crippen LogP contribution in [-0.2, 0) is 16.0 Å². The van der Waals surface area contributed by atoms with Gasteiger partial charge in [0, 0.05) is 0 Å². The first-order chi connectivity index (χ1) is 9.14. The van der Waals surface area contributed by atoms with E-state index in [1.807, 2.05) is 24.3 Å². The highest BCUT2D eigenvalue weighted by Gasteiger charge is 2.57. The first-order valence-corrected chi connectivity index (χ1v) is 6.66. The Labute approximate surface area is 112 Å². The number of fused-ring (bicyclic) bond motifs is 2. The molecule has 1 aromatic rings. The minimum Gasteiger partial charge on any atom is -0.497 e. The lowest BCUT2D eigenvalue weighted by Crippen LogP contribution is -2.42. The molecule has 2 aliphatic heterocycles. The highest BCUT2D eigenvalue weighted by Crippen LogP contribution is 2.49. The molecule has 4 heteroatoms. The van der Waals surface area contributed by atoms with Crippen LogP contribution in [0.5, 0.6) is 5.75 Å². The summed E-state index contributed by atoms with van der Waals surface area (Å²) in [7, 11) is 1.62. The fourth-order valence-electron chi connectivity index (χ4n) is 3.43. The quantitative estimate of drug-likeness (QED) is 0.904. The Morgan fingerprint density at radius 1 is 1.53 bits per heavy atom. The third kappa shape index (κ3) is 2.00. The normalized spacial score (nSPS) is 32.5. The minimum absolute atomic E-state index is 0.131. The summed E-state index contributed by atoms with van der Waals surface area (Å²) in [5.41, 5.74) is 0.243. The number of carbonyl (C=O) groups is 1. The summed E-state index contributed by atoms with van der Waals surface area (Å²) in [5, 5.41) is 9.66. The monoisotopic (exact) mass is 262 g/mol. The zero-order chi connectivity index (χ0) is 13.5. The predicted molar refractivity (Wildman–Crippen MR) is 69.3 cm³/mol. The summed E-state index contributed by atoms with van der Waals surface area (Å²) in [6.45, 7) is 0. The van der Waals surface area contributed by atoms with Gasteiger partial charge >= 0.3 is 5.97 Å². The first-order valence-electron chi connectivity index (χ1n) is 6.66. The summed E-state index contributed by atoms with van der Waals surface area (Å²) in [6.07, 6.45) is 3.00. The van der Waals surface area contributed by atoms with Gasteiger partial charge < -0.3 is 14.6 Å². The molecule has 2 saturated heterocycles. The van der Waals surface area contributed by atoms with E-state index in [1.165, 1.54) is 0 Å². The number of carboxylic acids is 1.